The van der Waals surface area contributed by atoms with E-state index in [0.29, 0.717) is 0 Å². The lowest BCUT2D eigenvalue weighted by Crippen LogP contribution is -1.78. The van der Waals surface area contributed by atoms with Gasteiger partial charge in [0.2, 0.25) is 0 Å². The average molecular weight is 333 g/mol. The van der Waals surface area contributed by atoms with Gasteiger partial charge >= 0.3 is 0 Å². The lowest BCUT2D eigenvalue weighted by molar-refractivity contribution is 0.778. The third-order valence-corrected chi connectivity index (χ3v) is 5.29. The van der Waals surface area contributed by atoms with E-state index in [1.807, 2.05) is 23.5 Å². The van der Waals surface area contributed by atoms with Crippen LogP contribution in [0.4, 0.5) is 0 Å². The van der Waals surface area contributed by atoms with E-state index in [1.54, 1.807) is 0 Å². The van der Waals surface area contributed by atoms with Gasteiger partial charge in [0.25, 0.3) is 0 Å². The second-order valence-corrected chi connectivity index (χ2v) is 7.37. The van der Waals surface area contributed by atoms with Crippen LogP contribution in [0.15, 0.2) is 70.5 Å². The highest BCUT2D eigenvalue weighted by Gasteiger charge is 1.91. The van der Waals surface area contributed by atoms with Crippen LogP contribution >= 0.6 is 23.5 Å². The number of hydrogen-bond acceptors (Lipinski definition) is 2. The minimum atomic E-state index is 1.23. The maximum absolute atomic E-state index is 2.24. The number of thioether (sulfide) groups is 2. The molecule has 0 fully saturated rings. The summed E-state index contributed by atoms with van der Waals surface area (Å²) in [6.45, 7) is 4.45. The predicted molar refractivity (Wildman–Crippen MR) is 104 cm³/mol. The molecule has 0 aliphatic carbocycles. The van der Waals surface area contributed by atoms with Gasteiger partial charge in [-0.2, -0.15) is 0 Å². The van der Waals surface area contributed by atoms with E-state index < -0.39 is 0 Å². The van der Waals surface area contributed by atoms with E-state index in [2.05, 4.69) is 74.5 Å². The highest BCUT2D eigenvalue weighted by molar-refractivity contribution is 7.99. The summed E-state index contributed by atoms with van der Waals surface area (Å²) in [5.74, 6) is 2.49. The van der Waals surface area contributed by atoms with Gasteiger partial charge in [-0.15, -0.1) is 23.5 Å². The van der Waals surface area contributed by atoms with Crippen molar-refractivity contribution in [3.05, 3.63) is 60.7 Å². The van der Waals surface area contributed by atoms with Gasteiger partial charge in [0.15, 0.2) is 0 Å². The Hall–Kier alpha value is -0.860. The third kappa shape index (κ3) is 9.97. The highest BCUT2D eigenvalue weighted by atomic mass is 32.2. The molecule has 2 aromatic rings. The molecule has 0 N–H and O–H groups in total. The molecular formula is C20H28S2. The quantitative estimate of drug-likeness (QED) is 0.371. The van der Waals surface area contributed by atoms with Crippen LogP contribution in [0, 0.1) is 0 Å². The summed E-state index contributed by atoms with van der Waals surface area (Å²) in [5.41, 5.74) is 0. The smallest absolute Gasteiger partial charge is 0.00719 e. The van der Waals surface area contributed by atoms with Crippen molar-refractivity contribution in [1.29, 1.82) is 0 Å². The van der Waals surface area contributed by atoms with Crippen molar-refractivity contribution in [3.63, 3.8) is 0 Å². The molecule has 0 aromatic heterocycles. The van der Waals surface area contributed by atoms with Gasteiger partial charge in [-0.05, 0) is 48.6 Å². The van der Waals surface area contributed by atoms with E-state index >= 15 is 0 Å². The number of benzene rings is 2. The van der Waals surface area contributed by atoms with Gasteiger partial charge < -0.3 is 0 Å². The van der Waals surface area contributed by atoms with Crippen molar-refractivity contribution in [2.24, 2.45) is 0 Å². The first kappa shape index (κ1) is 19.2. The normalized spacial score (nSPS) is 9.91. The maximum Gasteiger partial charge on any atom is 0.00719 e. The lowest BCUT2D eigenvalue weighted by atomic mass is 10.3. The Kier molecular flexibility index (Phi) is 12.0. The Balaban J connectivity index is 0.000000224. The van der Waals surface area contributed by atoms with Crippen molar-refractivity contribution in [1.82, 2.24) is 0 Å². The fraction of sp³-hybridized carbons (Fsp3) is 0.400. The molecule has 0 radical (unpaired) electrons. The molecule has 0 atom stereocenters. The van der Waals surface area contributed by atoms with E-state index in [4.69, 9.17) is 0 Å². The Morgan fingerprint density at radius 3 is 1.55 bits per heavy atom. The van der Waals surface area contributed by atoms with Crippen LogP contribution in [0.3, 0.4) is 0 Å². The van der Waals surface area contributed by atoms with Gasteiger partial charge in [0, 0.05) is 9.79 Å². The fourth-order valence-corrected chi connectivity index (χ4v) is 3.52. The van der Waals surface area contributed by atoms with Crippen LogP contribution < -0.4 is 0 Å². The van der Waals surface area contributed by atoms with Gasteiger partial charge in [0.1, 0.15) is 0 Å². The summed E-state index contributed by atoms with van der Waals surface area (Å²) in [6, 6.07) is 21.1. The summed E-state index contributed by atoms with van der Waals surface area (Å²) >= 11 is 3.88. The highest BCUT2D eigenvalue weighted by Crippen LogP contribution is 2.18. The summed E-state index contributed by atoms with van der Waals surface area (Å²) in [4.78, 5) is 2.78. The number of unbranched alkanes of at least 4 members (excludes halogenated alkanes) is 2. The van der Waals surface area contributed by atoms with E-state index in [9.17, 15) is 0 Å². The molecular weight excluding hydrogens is 304 g/mol. The summed E-state index contributed by atoms with van der Waals surface area (Å²) < 4.78 is 0. The van der Waals surface area contributed by atoms with Crippen molar-refractivity contribution in [2.75, 3.05) is 11.5 Å². The predicted octanol–water partition coefficient (Wildman–Crippen LogP) is 7.16. The summed E-state index contributed by atoms with van der Waals surface area (Å²) in [5, 5.41) is 0. The summed E-state index contributed by atoms with van der Waals surface area (Å²) in [7, 11) is 0. The molecule has 0 amide bonds. The monoisotopic (exact) mass is 332 g/mol. The molecule has 0 spiro atoms. The molecule has 0 saturated heterocycles. The minimum Gasteiger partial charge on any atom is -0.126 e. The molecule has 2 aromatic carbocycles. The summed E-state index contributed by atoms with van der Waals surface area (Å²) in [6.07, 6.45) is 5.27. The van der Waals surface area contributed by atoms with Crippen LogP contribution in [0.5, 0.6) is 0 Å². The van der Waals surface area contributed by atoms with Crippen molar-refractivity contribution in [3.8, 4) is 0 Å². The Morgan fingerprint density at radius 2 is 1.09 bits per heavy atom. The lowest BCUT2D eigenvalue weighted by Gasteiger charge is -1.99. The molecule has 0 aliphatic heterocycles. The van der Waals surface area contributed by atoms with Gasteiger partial charge in [-0.1, -0.05) is 63.1 Å². The SMILES string of the molecule is CCCCCSc1ccccc1.CCCSc1ccccc1. The minimum absolute atomic E-state index is 1.23. The Bertz CT molecular complexity index is 454. The molecule has 0 nitrogen and oxygen atoms in total. The first-order valence-corrected chi connectivity index (χ1v) is 10.2. The zero-order chi connectivity index (χ0) is 15.9. The first-order valence-electron chi connectivity index (χ1n) is 8.22. The Labute approximate surface area is 145 Å². The maximum atomic E-state index is 2.24. The van der Waals surface area contributed by atoms with Crippen molar-refractivity contribution in [2.45, 2.75) is 49.3 Å². The zero-order valence-electron chi connectivity index (χ0n) is 13.8. The third-order valence-electron chi connectivity index (χ3n) is 2.98. The molecule has 0 unspecified atom stereocenters. The molecule has 120 valence electrons. The van der Waals surface area contributed by atoms with Crippen LogP contribution in [0.1, 0.15) is 39.5 Å². The number of rotatable bonds is 8. The van der Waals surface area contributed by atoms with Crippen LogP contribution in [0.2, 0.25) is 0 Å². The standard InChI is InChI=1S/C11H16S.C9H12S/c1-2-3-7-10-12-11-8-5-4-6-9-11;1-2-8-10-9-6-4-3-5-7-9/h4-6,8-9H,2-3,7,10H2,1H3;3-7H,2,8H2,1H3. The molecule has 0 heterocycles. The van der Waals surface area contributed by atoms with E-state index in [0.717, 1.165) is 0 Å². The molecule has 22 heavy (non-hydrogen) atoms. The molecule has 0 bridgehead atoms. The molecule has 2 heteroatoms. The van der Waals surface area contributed by atoms with Gasteiger partial charge in [-0.25, -0.2) is 0 Å². The van der Waals surface area contributed by atoms with Crippen molar-refractivity contribution >= 4 is 23.5 Å². The molecule has 0 saturated carbocycles. The van der Waals surface area contributed by atoms with Crippen molar-refractivity contribution < 1.29 is 0 Å². The van der Waals surface area contributed by atoms with E-state index in [1.165, 1.54) is 47.0 Å². The van der Waals surface area contributed by atoms with Crippen LogP contribution in [-0.2, 0) is 0 Å². The second-order valence-electron chi connectivity index (χ2n) is 5.03. The second kappa shape index (κ2) is 13.8. The topological polar surface area (TPSA) is 0 Å². The van der Waals surface area contributed by atoms with Gasteiger partial charge in [0.05, 0.1) is 0 Å². The van der Waals surface area contributed by atoms with E-state index in [-0.39, 0.29) is 0 Å². The van der Waals surface area contributed by atoms with Crippen LogP contribution in [0.25, 0.3) is 0 Å². The van der Waals surface area contributed by atoms with Gasteiger partial charge in [-0.3, -0.25) is 0 Å². The Morgan fingerprint density at radius 1 is 0.591 bits per heavy atom. The molecule has 0 aliphatic rings. The average Bonchev–Trinajstić information content (AvgIpc) is 2.59. The fourth-order valence-electron chi connectivity index (χ4n) is 1.80. The van der Waals surface area contributed by atoms with Crippen LogP contribution in [-0.4, -0.2) is 11.5 Å². The zero-order valence-corrected chi connectivity index (χ0v) is 15.5. The molecule has 2 rings (SSSR count). The number of hydrogen-bond donors (Lipinski definition) is 0. The largest absolute Gasteiger partial charge is 0.126 e. The first-order chi connectivity index (χ1) is 10.9.